The van der Waals surface area contributed by atoms with Crippen molar-refractivity contribution in [3.05, 3.63) is 55.5 Å². The van der Waals surface area contributed by atoms with Crippen molar-refractivity contribution in [1.82, 2.24) is 14.4 Å². The number of halogens is 1. The third-order valence-corrected chi connectivity index (χ3v) is 5.68. The average Bonchev–Trinajstić information content (AvgIpc) is 2.97. The number of aryl methyl sites for hydroxylation is 1. The highest BCUT2D eigenvalue weighted by Gasteiger charge is 2.19. The Bertz CT molecular complexity index is 1030. The predicted octanol–water partition coefficient (Wildman–Crippen LogP) is 4.23. The van der Waals surface area contributed by atoms with Crippen molar-refractivity contribution in [3.63, 3.8) is 0 Å². The zero-order valence-electron chi connectivity index (χ0n) is 15.5. The molecule has 0 atom stereocenters. The highest BCUT2D eigenvalue weighted by Crippen LogP contribution is 2.22. The molecule has 0 N–H and O–H groups in total. The maximum atomic E-state index is 12.7. The fourth-order valence-electron chi connectivity index (χ4n) is 2.98. The first-order valence-corrected chi connectivity index (χ1v) is 10.5. The Balaban J connectivity index is 1.98. The maximum absolute atomic E-state index is 12.7. The minimum atomic E-state index is -0.210. The fourth-order valence-corrected chi connectivity index (χ4v) is 4.22. The number of ketones is 1. The standard InChI is InChI=1S/C19H21BrN4O2S/c1-4-6-15(25)18-12(3)27-19-22-14(9-17(26)24(18)19)11-23(5-2)16-8-7-13(20)10-21-16/h7-10H,4-6,11H2,1-3H3. The van der Waals surface area contributed by atoms with Crippen LogP contribution in [0.15, 0.2) is 33.7 Å². The van der Waals surface area contributed by atoms with E-state index in [1.54, 1.807) is 6.20 Å². The molecule has 0 aromatic carbocycles. The summed E-state index contributed by atoms with van der Waals surface area (Å²) in [6.07, 6.45) is 2.93. The lowest BCUT2D eigenvalue weighted by Gasteiger charge is -2.21. The molecule has 8 heteroatoms. The Hall–Kier alpha value is -2.06. The van der Waals surface area contributed by atoms with Crippen molar-refractivity contribution in [2.24, 2.45) is 0 Å². The molecule has 0 aliphatic carbocycles. The lowest BCUT2D eigenvalue weighted by atomic mass is 10.1. The lowest BCUT2D eigenvalue weighted by Crippen LogP contribution is -2.26. The number of hydrogen-bond donors (Lipinski definition) is 0. The summed E-state index contributed by atoms with van der Waals surface area (Å²) in [5.74, 6) is 0.816. The average molecular weight is 449 g/mol. The van der Waals surface area contributed by atoms with Gasteiger partial charge in [0.25, 0.3) is 5.56 Å². The van der Waals surface area contributed by atoms with Crippen LogP contribution in [0.1, 0.15) is 47.7 Å². The minimum absolute atomic E-state index is 0.00727. The Morgan fingerprint density at radius 2 is 2.11 bits per heavy atom. The number of nitrogens with zero attached hydrogens (tertiary/aromatic N) is 4. The summed E-state index contributed by atoms with van der Waals surface area (Å²) < 4.78 is 2.37. The number of rotatable bonds is 7. The van der Waals surface area contributed by atoms with Gasteiger partial charge in [-0.1, -0.05) is 6.92 Å². The number of anilines is 1. The molecule has 3 rings (SSSR count). The van der Waals surface area contributed by atoms with Crippen LogP contribution in [0.5, 0.6) is 0 Å². The summed E-state index contributed by atoms with van der Waals surface area (Å²) in [5, 5.41) is 0. The highest BCUT2D eigenvalue weighted by atomic mass is 79.9. The molecule has 0 aliphatic rings. The molecule has 0 fully saturated rings. The van der Waals surface area contributed by atoms with E-state index < -0.39 is 0 Å². The Morgan fingerprint density at radius 1 is 1.33 bits per heavy atom. The van der Waals surface area contributed by atoms with Crippen LogP contribution < -0.4 is 10.5 Å². The predicted molar refractivity (Wildman–Crippen MR) is 112 cm³/mol. The van der Waals surface area contributed by atoms with Gasteiger partial charge in [0, 0.05) is 34.6 Å². The third-order valence-electron chi connectivity index (χ3n) is 4.25. The van der Waals surface area contributed by atoms with Gasteiger partial charge in [-0.2, -0.15) is 0 Å². The van der Waals surface area contributed by atoms with Crippen LogP contribution in [-0.4, -0.2) is 26.7 Å². The third kappa shape index (κ3) is 4.11. The second-order valence-electron chi connectivity index (χ2n) is 6.23. The van der Waals surface area contributed by atoms with Crippen molar-refractivity contribution in [2.75, 3.05) is 11.4 Å². The number of thiazole rings is 1. The van der Waals surface area contributed by atoms with Crippen molar-refractivity contribution >= 4 is 43.8 Å². The van der Waals surface area contributed by atoms with E-state index in [9.17, 15) is 9.59 Å². The normalized spacial score (nSPS) is 11.1. The highest BCUT2D eigenvalue weighted by molar-refractivity contribution is 9.10. The van der Waals surface area contributed by atoms with E-state index in [1.165, 1.54) is 21.8 Å². The molecule has 3 aromatic rings. The number of Topliss-reactive ketones (excluding diaryl/α,β-unsaturated/α-hetero) is 1. The summed E-state index contributed by atoms with van der Waals surface area (Å²) in [7, 11) is 0. The molecule has 142 valence electrons. The first-order chi connectivity index (χ1) is 12.9. The molecule has 3 heterocycles. The Labute approximate surface area is 170 Å². The van der Waals surface area contributed by atoms with Gasteiger partial charge in [0.15, 0.2) is 10.7 Å². The van der Waals surface area contributed by atoms with Crippen molar-refractivity contribution < 1.29 is 4.79 Å². The van der Waals surface area contributed by atoms with Crippen LogP contribution in [0.25, 0.3) is 4.96 Å². The van der Waals surface area contributed by atoms with Crippen LogP contribution in [0.3, 0.4) is 0 Å². The fraction of sp³-hybridized carbons (Fsp3) is 0.368. The number of carbonyl (C=O) groups is 1. The number of carbonyl (C=O) groups excluding carboxylic acids is 1. The molecule has 0 radical (unpaired) electrons. The molecule has 0 amide bonds. The van der Waals surface area contributed by atoms with Gasteiger partial charge in [-0.05, 0) is 48.3 Å². The van der Waals surface area contributed by atoms with Gasteiger partial charge in [-0.3, -0.25) is 9.59 Å². The van der Waals surface area contributed by atoms with Crippen LogP contribution in [0.2, 0.25) is 0 Å². The number of hydrogen-bond acceptors (Lipinski definition) is 6. The molecule has 0 saturated carbocycles. The van der Waals surface area contributed by atoms with Crippen LogP contribution in [0, 0.1) is 6.92 Å². The SMILES string of the molecule is CCCC(=O)c1c(C)sc2nc(CN(CC)c3ccc(Br)cn3)cc(=O)n12. The lowest BCUT2D eigenvalue weighted by molar-refractivity contribution is 0.0975. The molecule has 0 bridgehead atoms. The van der Waals surface area contributed by atoms with E-state index >= 15 is 0 Å². The summed E-state index contributed by atoms with van der Waals surface area (Å²) >= 11 is 4.77. The first kappa shape index (κ1) is 19.7. The van der Waals surface area contributed by atoms with Gasteiger partial charge < -0.3 is 4.90 Å². The van der Waals surface area contributed by atoms with Crippen LogP contribution in [0.4, 0.5) is 5.82 Å². The molecular formula is C19H21BrN4O2S. The van der Waals surface area contributed by atoms with Gasteiger partial charge in [0.05, 0.1) is 12.2 Å². The monoisotopic (exact) mass is 448 g/mol. The van der Waals surface area contributed by atoms with Crippen molar-refractivity contribution in [1.29, 1.82) is 0 Å². The molecule has 27 heavy (non-hydrogen) atoms. The Kier molecular flexibility index (Phi) is 6.06. The molecule has 0 spiro atoms. The molecule has 3 aromatic heterocycles. The molecule has 6 nitrogen and oxygen atoms in total. The van der Waals surface area contributed by atoms with Crippen LogP contribution in [-0.2, 0) is 6.54 Å². The Morgan fingerprint density at radius 3 is 2.74 bits per heavy atom. The summed E-state index contributed by atoms with van der Waals surface area (Å²) in [6.45, 7) is 7.07. The molecule has 0 unspecified atom stereocenters. The summed E-state index contributed by atoms with van der Waals surface area (Å²) in [4.78, 5) is 37.6. The van der Waals surface area contributed by atoms with E-state index in [1.807, 2.05) is 37.8 Å². The van der Waals surface area contributed by atoms with E-state index in [0.29, 0.717) is 29.3 Å². The van der Waals surface area contributed by atoms with Crippen molar-refractivity contribution in [2.45, 2.75) is 40.2 Å². The largest absolute Gasteiger partial charge is 0.351 e. The molecular weight excluding hydrogens is 428 g/mol. The molecule has 0 aliphatic heterocycles. The van der Waals surface area contributed by atoms with E-state index in [4.69, 9.17) is 0 Å². The van der Waals surface area contributed by atoms with Gasteiger partial charge in [0.1, 0.15) is 11.5 Å². The summed E-state index contributed by atoms with van der Waals surface area (Å²) in [6, 6.07) is 5.38. The second kappa shape index (κ2) is 8.31. The van der Waals surface area contributed by atoms with E-state index in [2.05, 4.69) is 25.9 Å². The number of fused-ring (bicyclic) bond motifs is 1. The zero-order chi connectivity index (χ0) is 19.6. The quantitative estimate of drug-likeness (QED) is 0.505. The first-order valence-electron chi connectivity index (χ1n) is 8.86. The van der Waals surface area contributed by atoms with Gasteiger partial charge >= 0.3 is 0 Å². The van der Waals surface area contributed by atoms with Crippen LogP contribution >= 0.6 is 27.3 Å². The maximum Gasteiger partial charge on any atom is 0.259 e. The van der Waals surface area contributed by atoms with E-state index in [-0.39, 0.29) is 11.3 Å². The summed E-state index contributed by atoms with van der Waals surface area (Å²) in [5.41, 5.74) is 0.934. The molecule has 0 saturated heterocycles. The zero-order valence-corrected chi connectivity index (χ0v) is 17.9. The number of pyridine rings is 1. The second-order valence-corrected chi connectivity index (χ2v) is 8.33. The van der Waals surface area contributed by atoms with E-state index in [0.717, 1.165) is 28.1 Å². The van der Waals surface area contributed by atoms with Gasteiger partial charge in [-0.15, -0.1) is 11.3 Å². The topological polar surface area (TPSA) is 67.6 Å². The van der Waals surface area contributed by atoms with Crippen molar-refractivity contribution in [3.8, 4) is 0 Å². The van der Waals surface area contributed by atoms with Gasteiger partial charge in [0.2, 0.25) is 0 Å². The smallest absolute Gasteiger partial charge is 0.259 e. The number of aromatic nitrogens is 3. The minimum Gasteiger partial charge on any atom is -0.351 e. The van der Waals surface area contributed by atoms with Gasteiger partial charge in [-0.25, -0.2) is 14.4 Å².